The summed E-state index contributed by atoms with van der Waals surface area (Å²) in [5.41, 5.74) is 1.23. The molecule has 1 aliphatic heterocycles. The summed E-state index contributed by atoms with van der Waals surface area (Å²) in [5, 5.41) is 0. The summed E-state index contributed by atoms with van der Waals surface area (Å²) in [6.45, 7) is 3.01. The molecule has 102 valence electrons. The lowest BCUT2D eigenvalue weighted by Gasteiger charge is -2.26. The van der Waals surface area contributed by atoms with Crippen LogP contribution in [0.3, 0.4) is 0 Å². The lowest BCUT2D eigenvalue weighted by atomic mass is 9.85. The van der Waals surface area contributed by atoms with Crippen LogP contribution in [0.5, 0.6) is 5.75 Å². The van der Waals surface area contributed by atoms with Crippen molar-refractivity contribution in [3.05, 3.63) is 29.8 Å². The van der Waals surface area contributed by atoms with Gasteiger partial charge in [-0.25, -0.2) is 0 Å². The summed E-state index contributed by atoms with van der Waals surface area (Å²) in [7, 11) is 0. The minimum absolute atomic E-state index is 0.324. The van der Waals surface area contributed by atoms with Gasteiger partial charge >= 0.3 is 0 Å². The van der Waals surface area contributed by atoms with Crippen LogP contribution < -0.4 is 4.74 Å². The van der Waals surface area contributed by atoms with Crippen LogP contribution in [0.2, 0.25) is 0 Å². The largest absolute Gasteiger partial charge is 0.493 e. The molecule has 1 saturated carbocycles. The highest BCUT2D eigenvalue weighted by molar-refractivity contribution is 5.82. The molecule has 0 aromatic heterocycles. The number of carbonyl (C=O) groups is 1. The van der Waals surface area contributed by atoms with E-state index in [-0.39, 0.29) is 0 Å². The molecule has 1 aromatic rings. The first kappa shape index (κ1) is 12.7. The lowest BCUT2D eigenvalue weighted by Crippen LogP contribution is -2.20. The van der Waals surface area contributed by atoms with Gasteiger partial charge in [-0.1, -0.05) is 25.1 Å². The average Bonchev–Trinajstić information content (AvgIpc) is 2.86. The van der Waals surface area contributed by atoms with Crippen LogP contribution in [0.4, 0.5) is 0 Å². The molecule has 0 bridgehead atoms. The first-order valence-electron chi connectivity index (χ1n) is 7.48. The maximum absolute atomic E-state index is 12.4. The van der Waals surface area contributed by atoms with Crippen molar-refractivity contribution in [2.24, 2.45) is 11.8 Å². The quantitative estimate of drug-likeness (QED) is 0.820. The first-order chi connectivity index (χ1) is 9.24. The predicted molar refractivity (Wildman–Crippen MR) is 75.4 cm³/mol. The van der Waals surface area contributed by atoms with Gasteiger partial charge in [0.2, 0.25) is 0 Å². The second-order valence-corrected chi connectivity index (χ2v) is 6.16. The van der Waals surface area contributed by atoms with Crippen molar-refractivity contribution in [1.82, 2.24) is 0 Å². The highest BCUT2D eigenvalue weighted by Crippen LogP contribution is 2.38. The SMILES string of the molecule is CC1CCC(C(=O)CC2CCOc3ccccc32)C1. The lowest BCUT2D eigenvalue weighted by molar-refractivity contribution is -0.123. The molecule has 1 heterocycles. The van der Waals surface area contributed by atoms with Gasteiger partial charge in [0.1, 0.15) is 11.5 Å². The smallest absolute Gasteiger partial charge is 0.136 e. The van der Waals surface area contributed by atoms with E-state index >= 15 is 0 Å². The summed E-state index contributed by atoms with van der Waals surface area (Å²) in [6.07, 6.45) is 5.11. The highest BCUT2D eigenvalue weighted by Gasteiger charge is 2.30. The molecule has 2 heteroatoms. The molecule has 0 saturated heterocycles. The summed E-state index contributed by atoms with van der Waals surface area (Å²) in [4.78, 5) is 12.4. The number of ketones is 1. The standard InChI is InChI=1S/C17H22O2/c1-12-6-7-14(10-12)16(18)11-13-8-9-19-17-5-3-2-4-15(13)17/h2-5,12-14H,6-11H2,1H3. The zero-order valence-corrected chi connectivity index (χ0v) is 11.6. The summed E-state index contributed by atoms with van der Waals surface area (Å²) in [6, 6.07) is 8.18. The van der Waals surface area contributed by atoms with Crippen LogP contribution in [-0.4, -0.2) is 12.4 Å². The van der Waals surface area contributed by atoms with E-state index in [0.717, 1.165) is 37.5 Å². The first-order valence-corrected chi connectivity index (χ1v) is 7.48. The van der Waals surface area contributed by atoms with Crippen molar-refractivity contribution in [1.29, 1.82) is 0 Å². The number of rotatable bonds is 3. The summed E-state index contributed by atoms with van der Waals surface area (Å²) < 4.78 is 5.67. The van der Waals surface area contributed by atoms with Crippen LogP contribution >= 0.6 is 0 Å². The van der Waals surface area contributed by atoms with Crippen LogP contribution in [-0.2, 0) is 4.79 Å². The Hall–Kier alpha value is -1.31. The zero-order valence-electron chi connectivity index (χ0n) is 11.6. The van der Waals surface area contributed by atoms with Crippen molar-refractivity contribution >= 4 is 5.78 Å². The van der Waals surface area contributed by atoms with Crippen LogP contribution in [0.25, 0.3) is 0 Å². The molecule has 2 aliphatic rings. The Bertz CT molecular complexity index is 466. The third kappa shape index (κ3) is 2.68. The number of hydrogen-bond donors (Lipinski definition) is 0. The molecule has 0 N–H and O–H groups in total. The van der Waals surface area contributed by atoms with E-state index in [9.17, 15) is 4.79 Å². The predicted octanol–water partition coefficient (Wildman–Crippen LogP) is 3.95. The minimum atomic E-state index is 0.324. The van der Waals surface area contributed by atoms with Gasteiger partial charge in [0.25, 0.3) is 0 Å². The Morgan fingerprint density at radius 1 is 1.26 bits per heavy atom. The van der Waals surface area contributed by atoms with Gasteiger partial charge in [-0.2, -0.15) is 0 Å². The van der Waals surface area contributed by atoms with Crippen LogP contribution in [0.15, 0.2) is 24.3 Å². The molecule has 3 rings (SSSR count). The number of ether oxygens (including phenoxy) is 1. The third-order valence-electron chi connectivity index (χ3n) is 4.68. The third-order valence-corrected chi connectivity index (χ3v) is 4.68. The second-order valence-electron chi connectivity index (χ2n) is 6.16. The van der Waals surface area contributed by atoms with E-state index in [1.165, 1.54) is 12.0 Å². The zero-order chi connectivity index (χ0) is 13.2. The monoisotopic (exact) mass is 258 g/mol. The molecule has 3 atom stereocenters. The Morgan fingerprint density at radius 3 is 2.89 bits per heavy atom. The molecule has 3 unspecified atom stereocenters. The molecular formula is C17H22O2. The Morgan fingerprint density at radius 2 is 2.11 bits per heavy atom. The van der Waals surface area contributed by atoms with E-state index in [4.69, 9.17) is 4.74 Å². The van der Waals surface area contributed by atoms with Gasteiger partial charge < -0.3 is 4.74 Å². The van der Waals surface area contributed by atoms with E-state index in [2.05, 4.69) is 13.0 Å². The fraction of sp³-hybridized carbons (Fsp3) is 0.588. The fourth-order valence-corrected chi connectivity index (χ4v) is 3.54. The number of carbonyl (C=O) groups excluding carboxylic acids is 1. The Balaban J connectivity index is 1.69. The van der Waals surface area contributed by atoms with Crippen molar-refractivity contribution < 1.29 is 9.53 Å². The minimum Gasteiger partial charge on any atom is -0.493 e. The molecule has 0 amide bonds. The van der Waals surface area contributed by atoms with Crippen LogP contribution in [0.1, 0.15) is 50.5 Å². The van der Waals surface area contributed by atoms with Crippen molar-refractivity contribution in [3.8, 4) is 5.75 Å². The van der Waals surface area contributed by atoms with Crippen molar-refractivity contribution in [3.63, 3.8) is 0 Å². The van der Waals surface area contributed by atoms with Gasteiger partial charge in [-0.15, -0.1) is 0 Å². The van der Waals surface area contributed by atoms with Crippen LogP contribution in [0, 0.1) is 11.8 Å². The number of para-hydroxylation sites is 1. The van der Waals surface area contributed by atoms with Gasteiger partial charge in [-0.05, 0) is 49.1 Å². The normalized spacial score (nSPS) is 29.6. The molecule has 0 spiro atoms. The highest BCUT2D eigenvalue weighted by atomic mass is 16.5. The number of fused-ring (bicyclic) bond motifs is 1. The van der Waals surface area contributed by atoms with Crippen molar-refractivity contribution in [2.45, 2.75) is 44.9 Å². The number of benzene rings is 1. The van der Waals surface area contributed by atoms with Gasteiger partial charge in [0.05, 0.1) is 6.61 Å². The molecular weight excluding hydrogens is 236 g/mol. The molecule has 1 aliphatic carbocycles. The van der Waals surface area contributed by atoms with Gasteiger partial charge in [-0.3, -0.25) is 4.79 Å². The molecule has 0 radical (unpaired) electrons. The molecule has 2 nitrogen and oxygen atoms in total. The number of hydrogen-bond acceptors (Lipinski definition) is 2. The Labute approximate surface area is 115 Å². The van der Waals surface area contributed by atoms with E-state index in [0.29, 0.717) is 24.0 Å². The molecule has 1 fully saturated rings. The number of Topliss-reactive ketones (excluding diaryl/α,β-unsaturated/α-hetero) is 1. The average molecular weight is 258 g/mol. The molecule has 1 aromatic carbocycles. The second kappa shape index (κ2) is 5.36. The van der Waals surface area contributed by atoms with Gasteiger partial charge in [0.15, 0.2) is 0 Å². The van der Waals surface area contributed by atoms with E-state index in [1.807, 2.05) is 18.2 Å². The van der Waals surface area contributed by atoms with Gasteiger partial charge in [0, 0.05) is 12.3 Å². The van der Waals surface area contributed by atoms with Crippen molar-refractivity contribution in [2.75, 3.05) is 6.61 Å². The van der Waals surface area contributed by atoms with E-state index < -0.39 is 0 Å². The maximum atomic E-state index is 12.4. The summed E-state index contributed by atoms with van der Waals surface area (Å²) >= 11 is 0. The van der Waals surface area contributed by atoms with E-state index in [1.54, 1.807) is 0 Å². The summed E-state index contributed by atoms with van der Waals surface area (Å²) in [5.74, 6) is 2.88. The Kier molecular flexibility index (Phi) is 3.58. The maximum Gasteiger partial charge on any atom is 0.136 e. The fourth-order valence-electron chi connectivity index (χ4n) is 3.54. The topological polar surface area (TPSA) is 26.3 Å². The molecule has 19 heavy (non-hydrogen) atoms.